The van der Waals surface area contributed by atoms with Crippen LogP contribution in [-0.4, -0.2) is 34.2 Å². The summed E-state index contributed by atoms with van der Waals surface area (Å²) in [5.74, 6) is 0.0135. The number of fused-ring (bicyclic) bond motifs is 1. The average Bonchev–Trinajstić information content (AvgIpc) is 3.00. The maximum atomic E-state index is 12.3. The van der Waals surface area contributed by atoms with Crippen molar-refractivity contribution < 1.29 is 19.1 Å². The van der Waals surface area contributed by atoms with Crippen LogP contribution in [0.5, 0.6) is 11.6 Å². The highest BCUT2D eigenvalue weighted by atomic mass is 16.5. The lowest BCUT2D eigenvalue weighted by Crippen LogP contribution is -2.32. The zero-order valence-corrected chi connectivity index (χ0v) is 16.3. The normalized spacial score (nSPS) is 12.6. The van der Waals surface area contributed by atoms with Crippen molar-refractivity contribution in [3.63, 3.8) is 0 Å². The van der Waals surface area contributed by atoms with Crippen molar-refractivity contribution in [2.24, 2.45) is 0 Å². The van der Waals surface area contributed by atoms with E-state index in [1.165, 1.54) is 6.20 Å². The maximum Gasteiger partial charge on any atom is 0.261 e. The van der Waals surface area contributed by atoms with E-state index in [9.17, 15) is 14.4 Å². The minimum atomic E-state index is -0.373. The SMILES string of the molecule is Cc1ccc(Oc2ccc(NC(=O)CCN3C(=O)c4ccccc4C3=O)cn2)cc1. The molecule has 2 heterocycles. The fourth-order valence-corrected chi connectivity index (χ4v) is 3.12. The van der Waals surface area contributed by atoms with Crippen LogP contribution in [0.15, 0.2) is 66.9 Å². The van der Waals surface area contributed by atoms with E-state index in [2.05, 4.69) is 10.3 Å². The molecule has 0 radical (unpaired) electrons. The molecule has 2 aromatic carbocycles. The maximum absolute atomic E-state index is 12.3. The molecule has 0 fully saturated rings. The van der Waals surface area contributed by atoms with Gasteiger partial charge in [-0.25, -0.2) is 4.98 Å². The Balaban J connectivity index is 1.31. The molecule has 7 heteroatoms. The van der Waals surface area contributed by atoms with Gasteiger partial charge in [-0.15, -0.1) is 0 Å². The first kappa shape index (κ1) is 19.3. The smallest absolute Gasteiger partial charge is 0.261 e. The second kappa shape index (κ2) is 8.16. The van der Waals surface area contributed by atoms with Crippen molar-refractivity contribution in [2.75, 3.05) is 11.9 Å². The first-order valence-electron chi connectivity index (χ1n) is 9.47. The Labute approximate surface area is 173 Å². The lowest BCUT2D eigenvalue weighted by molar-refractivity contribution is -0.116. The molecule has 30 heavy (non-hydrogen) atoms. The summed E-state index contributed by atoms with van der Waals surface area (Å²) < 4.78 is 5.66. The van der Waals surface area contributed by atoms with Gasteiger partial charge in [-0.05, 0) is 37.3 Å². The van der Waals surface area contributed by atoms with Gasteiger partial charge in [0.2, 0.25) is 11.8 Å². The molecule has 0 aliphatic carbocycles. The van der Waals surface area contributed by atoms with Gasteiger partial charge in [-0.3, -0.25) is 19.3 Å². The van der Waals surface area contributed by atoms with Crippen molar-refractivity contribution in [1.29, 1.82) is 0 Å². The molecule has 0 bridgehead atoms. The number of carbonyl (C=O) groups is 3. The third kappa shape index (κ3) is 4.05. The van der Waals surface area contributed by atoms with E-state index in [0.717, 1.165) is 10.5 Å². The number of anilines is 1. The predicted molar refractivity (Wildman–Crippen MR) is 111 cm³/mol. The summed E-state index contributed by atoms with van der Waals surface area (Å²) in [6, 6.07) is 17.6. The van der Waals surface area contributed by atoms with Crippen molar-refractivity contribution in [3.05, 3.63) is 83.6 Å². The zero-order valence-electron chi connectivity index (χ0n) is 16.3. The van der Waals surface area contributed by atoms with Crippen LogP contribution in [0.25, 0.3) is 0 Å². The number of amides is 3. The number of pyridine rings is 1. The van der Waals surface area contributed by atoms with Crippen LogP contribution in [0.2, 0.25) is 0 Å². The molecule has 1 aliphatic heterocycles. The van der Waals surface area contributed by atoms with Gasteiger partial charge in [0.1, 0.15) is 5.75 Å². The number of nitrogens with one attached hydrogen (secondary N) is 1. The highest BCUT2D eigenvalue weighted by Crippen LogP contribution is 2.23. The van der Waals surface area contributed by atoms with Crippen molar-refractivity contribution >= 4 is 23.4 Å². The molecule has 0 unspecified atom stereocenters. The molecule has 3 aromatic rings. The van der Waals surface area contributed by atoms with Crippen LogP contribution in [0.4, 0.5) is 5.69 Å². The summed E-state index contributed by atoms with van der Waals surface area (Å²) in [6.45, 7) is 2.01. The molecule has 1 aromatic heterocycles. The largest absolute Gasteiger partial charge is 0.439 e. The Morgan fingerprint density at radius 1 is 0.967 bits per heavy atom. The second-order valence-corrected chi connectivity index (χ2v) is 6.91. The number of benzene rings is 2. The second-order valence-electron chi connectivity index (χ2n) is 6.91. The number of aryl methyl sites for hydroxylation is 1. The summed E-state index contributed by atoms with van der Waals surface area (Å²) in [6.07, 6.45) is 1.48. The molecular weight excluding hydrogens is 382 g/mol. The van der Waals surface area contributed by atoms with Crippen molar-refractivity contribution in [2.45, 2.75) is 13.3 Å². The first-order valence-corrected chi connectivity index (χ1v) is 9.47. The van der Waals surface area contributed by atoms with Crippen LogP contribution in [0.1, 0.15) is 32.7 Å². The quantitative estimate of drug-likeness (QED) is 0.635. The van der Waals surface area contributed by atoms with Crippen molar-refractivity contribution in [3.8, 4) is 11.6 Å². The van der Waals surface area contributed by atoms with Gasteiger partial charge in [0.05, 0.1) is 23.0 Å². The Hall–Kier alpha value is -4.00. The number of ether oxygens (including phenoxy) is 1. The molecule has 7 nitrogen and oxygen atoms in total. The topological polar surface area (TPSA) is 88.6 Å². The van der Waals surface area contributed by atoms with Gasteiger partial charge in [-0.2, -0.15) is 0 Å². The Kier molecular flexibility index (Phi) is 5.26. The number of carbonyl (C=O) groups excluding carboxylic acids is 3. The molecule has 150 valence electrons. The fraction of sp³-hybridized carbons (Fsp3) is 0.130. The van der Waals surface area contributed by atoms with Crippen LogP contribution in [-0.2, 0) is 4.79 Å². The van der Waals surface area contributed by atoms with E-state index in [1.807, 2.05) is 31.2 Å². The Bertz CT molecular complexity index is 1070. The van der Waals surface area contributed by atoms with Gasteiger partial charge in [0.25, 0.3) is 11.8 Å². The van der Waals surface area contributed by atoms with E-state index in [4.69, 9.17) is 4.74 Å². The number of hydrogen-bond donors (Lipinski definition) is 1. The van der Waals surface area contributed by atoms with Gasteiger partial charge >= 0.3 is 0 Å². The number of aromatic nitrogens is 1. The van der Waals surface area contributed by atoms with E-state index in [0.29, 0.717) is 28.4 Å². The molecule has 0 spiro atoms. The lowest BCUT2D eigenvalue weighted by Gasteiger charge is -2.13. The average molecular weight is 401 g/mol. The third-order valence-electron chi connectivity index (χ3n) is 4.70. The fourth-order valence-electron chi connectivity index (χ4n) is 3.12. The molecule has 1 N–H and O–H groups in total. The molecule has 0 saturated carbocycles. The van der Waals surface area contributed by atoms with Crippen LogP contribution >= 0.6 is 0 Å². The number of imide groups is 1. The number of rotatable bonds is 6. The monoisotopic (exact) mass is 401 g/mol. The summed E-state index contributed by atoms with van der Waals surface area (Å²) in [5.41, 5.74) is 2.38. The van der Waals surface area contributed by atoms with Gasteiger partial charge in [0.15, 0.2) is 0 Å². The van der Waals surface area contributed by atoms with Gasteiger partial charge in [0, 0.05) is 19.0 Å². The predicted octanol–water partition coefficient (Wildman–Crippen LogP) is 3.81. The third-order valence-corrected chi connectivity index (χ3v) is 4.70. The number of hydrogen-bond acceptors (Lipinski definition) is 5. The van der Waals surface area contributed by atoms with Crippen molar-refractivity contribution in [1.82, 2.24) is 9.88 Å². The van der Waals surface area contributed by atoms with Crippen LogP contribution < -0.4 is 10.1 Å². The Morgan fingerprint density at radius 3 is 2.23 bits per heavy atom. The summed E-state index contributed by atoms with van der Waals surface area (Å²) in [4.78, 5) is 42.2. The molecular formula is C23H19N3O4. The van der Waals surface area contributed by atoms with Crippen LogP contribution in [0, 0.1) is 6.92 Å². The molecule has 1 aliphatic rings. The molecule has 0 atom stereocenters. The summed E-state index contributed by atoms with van der Waals surface area (Å²) >= 11 is 0. The summed E-state index contributed by atoms with van der Waals surface area (Å²) in [7, 11) is 0. The molecule has 3 amide bonds. The van der Waals surface area contributed by atoms with E-state index in [1.54, 1.807) is 36.4 Å². The molecule has 0 saturated heterocycles. The standard InChI is InChI=1S/C23H19N3O4/c1-15-6-9-17(10-7-15)30-21-11-8-16(14-24-21)25-20(27)12-13-26-22(28)18-4-2-3-5-19(18)23(26)29/h2-11,14H,12-13H2,1H3,(H,25,27). The highest BCUT2D eigenvalue weighted by Gasteiger charge is 2.34. The number of nitrogens with zero attached hydrogens (tertiary/aromatic N) is 2. The zero-order chi connectivity index (χ0) is 21.1. The first-order chi connectivity index (χ1) is 14.5. The lowest BCUT2D eigenvalue weighted by atomic mass is 10.1. The van der Waals surface area contributed by atoms with Gasteiger partial charge < -0.3 is 10.1 Å². The summed E-state index contributed by atoms with van der Waals surface area (Å²) in [5, 5.41) is 2.71. The minimum Gasteiger partial charge on any atom is -0.439 e. The minimum absolute atomic E-state index is 0.00686. The van der Waals surface area contributed by atoms with E-state index in [-0.39, 0.29) is 30.7 Å². The van der Waals surface area contributed by atoms with E-state index < -0.39 is 0 Å². The Morgan fingerprint density at radius 2 is 1.63 bits per heavy atom. The van der Waals surface area contributed by atoms with Crippen LogP contribution in [0.3, 0.4) is 0 Å². The molecule has 4 rings (SSSR count). The van der Waals surface area contributed by atoms with E-state index >= 15 is 0 Å². The highest BCUT2D eigenvalue weighted by molar-refractivity contribution is 6.21. The van der Waals surface area contributed by atoms with Gasteiger partial charge in [-0.1, -0.05) is 29.8 Å².